The number of ether oxygens (including phenoxy) is 1. The Labute approximate surface area is 238 Å². The van der Waals surface area contributed by atoms with Gasteiger partial charge in [-0.3, -0.25) is 4.57 Å². The average molecular weight is 606 g/mol. The number of nitrogens with zero attached hydrogens (tertiary/aromatic N) is 2. The van der Waals surface area contributed by atoms with Crippen LogP contribution in [0.1, 0.15) is 6.42 Å². The Balaban J connectivity index is 1.29. The van der Waals surface area contributed by atoms with Gasteiger partial charge in [0.15, 0.2) is 0 Å². The Bertz CT molecular complexity index is 1720. The lowest BCUT2D eigenvalue weighted by Crippen LogP contribution is -2.25. The van der Waals surface area contributed by atoms with Gasteiger partial charge in [0.1, 0.15) is 16.5 Å². The summed E-state index contributed by atoms with van der Waals surface area (Å²) in [6.45, 7) is 0.616. The molecule has 4 rings (SSSR count). The first-order valence-corrected chi connectivity index (χ1v) is 13.8. The molecule has 0 saturated carbocycles. The summed E-state index contributed by atoms with van der Waals surface area (Å²) < 4.78 is 42.4. The predicted octanol–water partition coefficient (Wildman–Crippen LogP) is 5.57. The van der Waals surface area contributed by atoms with Crippen molar-refractivity contribution in [3.05, 3.63) is 93.5 Å². The predicted molar refractivity (Wildman–Crippen MR) is 152 cm³/mol. The molecule has 1 heterocycles. The van der Waals surface area contributed by atoms with E-state index in [1.807, 2.05) is 0 Å². The van der Waals surface area contributed by atoms with E-state index in [0.717, 1.165) is 12.1 Å². The molecule has 1 aromatic heterocycles. The molecule has 0 bridgehead atoms. The molecular weight excluding hydrogens is 584 g/mol. The lowest BCUT2D eigenvalue weighted by molar-refractivity contribution is 0.262. The van der Waals surface area contributed by atoms with Crippen LogP contribution in [0, 0.1) is 0 Å². The number of hydrogen-bond donors (Lipinski definition) is 3. The van der Waals surface area contributed by atoms with Gasteiger partial charge in [-0.1, -0.05) is 35.3 Å². The van der Waals surface area contributed by atoms with Crippen molar-refractivity contribution in [1.29, 1.82) is 0 Å². The van der Waals surface area contributed by atoms with Crippen LogP contribution in [0.4, 0.5) is 25.9 Å². The van der Waals surface area contributed by atoms with E-state index < -0.39 is 26.8 Å². The van der Waals surface area contributed by atoms with E-state index in [-0.39, 0.29) is 11.5 Å². The summed E-state index contributed by atoms with van der Waals surface area (Å²) in [6.07, 6.45) is 2.10. The molecule has 4 aromatic rings. The zero-order valence-electron chi connectivity index (χ0n) is 20.6. The van der Waals surface area contributed by atoms with E-state index in [1.54, 1.807) is 48.7 Å². The summed E-state index contributed by atoms with van der Waals surface area (Å²) in [5.74, 6) is 0.616. The molecular formula is C26H22Cl2FN5O5S. The van der Waals surface area contributed by atoms with Crippen molar-refractivity contribution in [1.82, 2.24) is 9.55 Å². The number of rotatable bonds is 9. The molecule has 0 fully saturated rings. The van der Waals surface area contributed by atoms with E-state index in [0.29, 0.717) is 52.2 Å². The number of aryl methyl sites for hydroxylation is 1. The highest BCUT2D eigenvalue weighted by Gasteiger charge is 2.13. The summed E-state index contributed by atoms with van der Waals surface area (Å²) in [5.41, 5.74) is 7.23. The number of benzene rings is 3. The van der Waals surface area contributed by atoms with Crippen LogP contribution in [0.25, 0.3) is 11.1 Å². The number of nitrogen functional groups attached to an aromatic ring is 1. The number of aromatic nitrogens is 2. The van der Waals surface area contributed by atoms with Crippen LogP contribution in [0.2, 0.25) is 10.0 Å². The van der Waals surface area contributed by atoms with Gasteiger partial charge in [-0.2, -0.15) is 13.4 Å². The highest BCUT2D eigenvalue weighted by atomic mass is 35.5. The quantitative estimate of drug-likeness (QED) is 0.167. The number of halogens is 3. The molecule has 10 nitrogen and oxygen atoms in total. The first-order chi connectivity index (χ1) is 19.0. The van der Waals surface area contributed by atoms with Crippen LogP contribution in [0.5, 0.6) is 5.75 Å². The van der Waals surface area contributed by atoms with Crippen molar-refractivity contribution in [2.24, 2.45) is 0 Å². The first kappa shape index (κ1) is 28.9. The number of carbonyl (C=O) groups is 1. The SMILES string of the molecule is Nc1nc(=O)n(CCCOc2ccc(NC(=O)Nc3cccc(S(=O)(=O)F)c3)cc2)cc1-c1ccc(Cl)c(Cl)c1. The number of nitrogens with two attached hydrogens (primary N) is 1. The summed E-state index contributed by atoms with van der Waals surface area (Å²) in [7, 11) is -4.89. The van der Waals surface area contributed by atoms with Gasteiger partial charge in [0.25, 0.3) is 0 Å². The van der Waals surface area contributed by atoms with Crippen molar-refractivity contribution in [3.8, 4) is 16.9 Å². The van der Waals surface area contributed by atoms with Crippen molar-refractivity contribution in [3.63, 3.8) is 0 Å². The Morgan fingerprint density at radius 2 is 1.73 bits per heavy atom. The fourth-order valence-electron chi connectivity index (χ4n) is 3.63. The highest BCUT2D eigenvalue weighted by Crippen LogP contribution is 2.30. The maximum Gasteiger partial charge on any atom is 0.349 e. The second-order valence-electron chi connectivity index (χ2n) is 8.42. The number of urea groups is 1. The largest absolute Gasteiger partial charge is 0.494 e. The minimum Gasteiger partial charge on any atom is -0.494 e. The molecule has 0 spiro atoms. The fourth-order valence-corrected chi connectivity index (χ4v) is 4.44. The molecule has 4 N–H and O–H groups in total. The van der Waals surface area contributed by atoms with Crippen LogP contribution >= 0.6 is 23.2 Å². The van der Waals surface area contributed by atoms with Gasteiger partial charge in [-0.15, -0.1) is 3.89 Å². The minimum atomic E-state index is -4.89. The third kappa shape index (κ3) is 7.50. The Morgan fingerprint density at radius 1 is 1.00 bits per heavy atom. The maximum absolute atomic E-state index is 13.2. The van der Waals surface area contributed by atoms with Crippen LogP contribution in [0.15, 0.2) is 82.6 Å². The van der Waals surface area contributed by atoms with E-state index in [9.17, 15) is 21.9 Å². The van der Waals surface area contributed by atoms with Crippen LogP contribution < -0.4 is 26.8 Å². The third-order valence-electron chi connectivity index (χ3n) is 5.55. The number of carbonyl (C=O) groups excluding carboxylic acids is 1. The summed E-state index contributed by atoms with van der Waals surface area (Å²) in [4.78, 5) is 27.9. The second kappa shape index (κ2) is 12.4. The van der Waals surface area contributed by atoms with Gasteiger partial charge in [0.05, 0.1) is 16.7 Å². The lowest BCUT2D eigenvalue weighted by Gasteiger charge is -2.12. The molecule has 0 aliphatic carbocycles. The fraction of sp³-hybridized carbons (Fsp3) is 0.115. The van der Waals surface area contributed by atoms with Gasteiger partial charge in [0.2, 0.25) is 0 Å². The Hall–Kier alpha value is -4.13. The topological polar surface area (TPSA) is 145 Å². The van der Waals surface area contributed by atoms with Crippen LogP contribution in [-0.4, -0.2) is 30.6 Å². The third-order valence-corrected chi connectivity index (χ3v) is 7.11. The normalized spacial score (nSPS) is 11.2. The van der Waals surface area contributed by atoms with Crippen molar-refractivity contribution in [2.75, 3.05) is 23.0 Å². The smallest absolute Gasteiger partial charge is 0.349 e. The highest BCUT2D eigenvalue weighted by molar-refractivity contribution is 7.86. The zero-order chi connectivity index (χ0) is 28.9. The van der Waals surface area contributed by atoms with Crippen molar-refractivity contribution in [2.45, 2.75) is 17.9 Å². The summed E-state index contributed by atoms with van der Waals surface area (Å²) in [6, 6.07) is 15.7. The number of anilines is 3. The average Bonchev–Trinajstić information content (AvgIpc) is 2.90. The standard InChI is InChI=1S/C26H22Cl2FN5O5S/c27-22-10-5-16(13-23(22)28)21-15-34(26(36)33-24(21)30)11-2-12-39-19-8-6-17(7-9-19)31-25(35)32-18-3-1-4-20(14-18)40(29,37)38/h1,3-10,13-15H,2,11-12H2,(H2,30,33,36)(H2,31,32,35). The molecule has 0 radical (unpaired) electrons. The molecule has 2 amide bonds. The molecule has 0 unspecified atom stereocenters. The molecule has 3 aromatic carbocycles. The molecule has 40 heavy (non-hydrogen) atoms. The Kier molecular flexibility index (Phi) is 8.93. The summed E-state index contributed by atoms with van der Waals surface area (Å²) >= 11 is 12.1. The van der Waals surface area contributed by atoms with E-state index in [2.05, 4.69) is 15.6 Å². The zero-order valence-corrected chi connectivity index (χ0v) is 22.9. The van der Waals surface area contributed by atoms with Crippen molar-refractivity contribution < 1.29 is 21.8 Å². The van der Waals surface area contributed by atoms with Gasteiger partial charge in [-0.25, -0.2) is 9.59 Å². The van der Waals surface area contributed by atoms with Crippen molar-refractivity contribution >= 4 is 56.6 Å². The number of hydrogen-bond acceptors (Lipinski definition) is 7. The van der Waals surface area contributed by atoms with Gasteiger partial charge in [0, 0.05) is 29.7 Å². The molecule has 0 aliphatic rings. The monoisotopic (exact) mass is 605 g/mol. The number of amides is 2. The number of nitrogens with one attached hydrogen (secondary N) is 2. The Morgan fingerprint density at radius 3 is 2.42 bits per heavy atom. The maximum atomic E-state index is 13.2. The van der Waals surface area contributed by atoms with E-state index in [1.165, 1.54) is 16.7 Å². The lowest BCUT2D eigenvalue weighted by atomic mass is 10.1. The van der Waals surface area contributed by atoms with Gasteiger partial charge < -0.3 is 21.1 Å². The minimum absolute atomic E-state index is 0.0829. The van der Waals surface area contributed by atoms with Crippen LogP contribution in [-0.2, 0) is 16.8 Å². The van der Waals surface area contributed by atoms with E-state index in [4.69, 9.17) is 33.7 Å². The summed E-state index contributed by atoms with van der Waals surface area (Å²) in [5, 5.41) is 5.77. The molecule has 0 aliphatic heterocycles. The molecule has 0 saturated heterocycles. The second-order valence-corrected chi connectivity index (χ2v) is 10.6. The first-order valence-electron chi connectivity index (χ1n) is 11.7. The van der Waals surface area contributed by atoms with Gasteiger partial charge >= 0.3 is 21.9 Å². The van der Waals surface area contributed by atoms with E-state index >= 15 is 0 Å². The molecule has 0 atom stereocenters. The molecule has 14 heteroatoms. The molecule has 208 valence electrons. The van der Waals surface area contributed by atoms with Crippen LogP contribution in [0.3, 0.4) is 0 Å². The van der Waals surface area contributed by atoms with Gasteiger partial charge in [-0.05, 0) is 66.6 Å².